The van der Waals surface area contributed by atoms with E-state index in [2.05, 4.69) is 10.1 Å². The van der Waals surface area contributed by atoms with Gasteiger partial charge in [0.15, 0.2) is 0 Å². The summed E-state index contributed by atoms with van der Waals surface area (Å²) >= 11 is 5.69. The van der Waals surface area contributed by atoms with Crippen molar-refractivity contribution in [2.24, 2.45) is 5.92 Å². The Kier molecular flexibility index (Phi) is 5.56. The predicted octanol–water partition coefficient (Wildman–Crippen LogP) is 2.94. The molecule has 0 saturated heterocycles. The van der Waals surface area contributed by atoms with E-state index in [9.17, 15) is 9.18 Å². The molecule has 1 aromatic rings. The van der Waals surface area contributed by atoms with E-state index in [4.69, 9.17) is 11.6 Å². The summed E-state index contributed by atoms with van der Waals surface area (Å²) in [6, 6.07) is 3.42. The maximum atomic E-state index is 13.8. The monoisotopic (exact) mass is 273 g/mol. The summed E-state index contributed by atoms with van der Waals surface area (Å²) in [5, 5.41) is 3.28. The largest absolute Gasteiger partial charge is 0.468 e. The van der Waals surface area contributed by atoms with Gasteiger partial charge < -0.3 is 10.1 Å². The topological polar surface area (TPSA) is 38.3 Å². The Morgan fingerprint density at radius 3 is 2.67 bits per heavy atom. The van der Waals surface area contributed by atoms with E-state index < -0.39 is 17.8 Å². The number of ether oxygens (including phenoxy) is 1. The fourth-order valence-electron chi connectivity index (χ4n) is 1.53. The highest BCUT2D eigenvalue weighted by atomic mass is 35.5. The molecule has 0 amide bonds. The normalized spacial score (nSPS) is 12.6. The maximum Gasteiger partial charge on any atom is 0.327 e. The molecule has 100 valence electrons. The molecule has 0 radical (unpaired) electrons. The van der Waals surface area contributed by atoms with Crippen LogP contribution in [0.4, 0.5) is 4.39 Å². The summed E-state index contributed by atoms with van der Waals surface area (Å²) in [6.07, 6.45) is 0. The van der Waals surface area contributed by atoms with Crippen LogP contribution in [0.25, 0.3) is 0 Å². The number of nitrogens with one attached hydrogen (secondary N) is 1. The van der Waals surface area contributed by atoms with Crippen LogP contribution in [0, 0.1) is 11.7 Å². The van der Waals surface area contributed by atoms with Crippen LogP contribution >= 0.6 is 11.6 Å². The third kappa shape index (κ3) is 3.96. The van der Waals surface area contributed by atoms with Gasteiger partial charge in [0.25, 0.3) is 0 Å². The van der Waals surface area contributed by atoms with Gasteiger partial charge >= 0.3 is 5.97 Å². The molecule has 1 rings (SSSR count). The van der Waals surface area contributed by atoms with Gasteiger partial charge in [0.1, 0.15) is 11.9 Å². The maximum absolute atomic E-state index is 13.8. The van der Waals surface area contributed by atoms with Crippen LogP contribution < -0.4 is 5.32 Å². The van der Waals surface area contributed by atoms with Gasteiger partial charge in [-0.15, -0.1) is 0 Å². The third-order valence-corrected chi connectivity index (χ3v) is 2.68. The highest BCUT2D eigenvalue weighted by Gasteiger charge is 2.24. The summed E-state index contributed by atoms with van der Waals surface area (Å²) in [4.78, 5) is 11.7. The summed E-state index contributed by atoms with van der Waals surface area (Å²) in [5.74, 6) is -0.696. The Balaban J connectivity index is 2.97. The van der Waals surface area contributed by atoms with Crippen molar-refractivity contribution < 1.29 is 13.9 Å². The minimum Gasteiger partial charge on any atom is -0.468 e. The zero-order valence-electron chi connectivity index (χ0n) is 10.7. The molecule has 0 spiro atoms. The minimum absolute atomic E-state index is 0.243. The average molecular weight is 274 g/mol. The van der Waals surface area contributed by atoms with Crippen LogP contribution in [-0.4, -0.2) is 19.6 Å². The molecule has 0 aromatic heterocycles. The lowest BCUT2D eigenvalue weighted by atomic mass is 10.1. The van der Waals surface area contributed by atoms with Crippen LogP contribution in [-0.2, 0) is 9.53 Å². The molecule has 0 aliphatic rings. The van der Waals surface area contributed by atoms with Crippen molar-refractivity contribution in [1.82, 2.24) is 5.32 Å². The lowest BCUT2D eigenvalue weighted by molar-refractivity contribution is -0.143. The van der Waals surface area contributed by atoms with Crippen LogP contribution in [0.3, 0.4) is 0 Å². The first-order valence-corrected chi connectivity index (χ1v) is 6.09. The van der Waals surface area contributed by atoms with Crippen LogP contribution in [0.1, 0.15) is 25.5 Å². The highest BCUT2D eigenvalue weighted by Crippen LogP contribution is 2.22. The highest BCUT2D eigenvalue weighted by molar-refractivity contribution is 6.30. The number of hydrogen-bond donors (Lipinski definition) is 1. The zero-order valence-corrected chi connectivity index (χ0v) is 11.4. The number of halogens is 2. The van der Waals surface area contributed by atoms with Crippen molar-refractivity contribution in [2.45, 2.75) is 19.9 Å². The molecule has 1 atom stereocenters. The number of carbonyl (C=O) groups excluding carboxylic acids is 1. The quantitative estimate of drug-likeness (QED) is 0.839. The number of benzene rings is 1. The Bertz CT molecular complexity index is 423. The van der Waals surface area contributed by atoms with E-state index in [-0.39, 0.29) is 5.56 Å². The molecule has 0 bridgehead atoms. The van der Waals surface area contributed by atoms with E-state index in [1.54, 1.807) is 6.07 Å². The van der Waals surface area contributed by atoms with Gasteiger partial charge in [-0.1, -0.05) is 31.5 Å². The number of rotatable bonds is 5. The Hall–Kier alpha value is -1.13. The molecule has 1 aromatic carbocycles. The lowest BCUT2D eigenvalue weighted by Crippen LogP contribution is -2.32. The molecule has 0 fully saturated rings. The van der Waals surface area contributed by atoms with Gasteiger partial charge in [-0.05, 0) is 24.6 Å². The Morgan fingerprint density at radius 2 is 2.17 bits per heavy atom. The van der Waals surface area contributed by atoms with Gasteiger partial charge in [-0.2, -0.15) is 0 Å². The molecule has 18 heavy (non-hydrogen) atoms. The average Bonchev–Trinajstić information content (AvgIpc) is 2.30. The van der Waals surface area contributed by atoms with E-state index in [1.165, 1.54) is 19.2 Å². The third-order valence-electron chi connectivity index (χ3n) is 2.44. The van der Waals surface area contributed by atoms with Crippen molar-refractivity contribution in [3.8, 4) is 0 Å². The van der Waals surface area contributed by atoms with Gasteiger partial charge in [0.2, 0.25) is 0 Å². The number of methoxy groups -OCH3 is 1. The lowest BCUT2D eigenvalue weighted by Gasteiger charge is -2.18. The SMILES string of the molecule is COC(=O)C(NCC(C)C)c1ccc(Cl)cc1F. The van der Waals surface area contributed by atoms with E-state index in [1.807, 2.05) is 13.8 Å². The first kappa shape index (κ1) is 14.9. The van der Waals surface area contributed by atoms with Crippen LogP contribution in [0.2, 0.25) is 5.02 Å². The van der Waals surface area contributed by atoms with Crippen LogP contribution in [0.5, 0.6) is 0 Å². The van der Waals surface area contributed by atoms with Gasteiger partial charge in [0, 0.05) is 10.6 Å². The van der Waals surface area contributed by atoms with E-state index >= 15 is 0 Å². The fourth-order valence-corrected chi connectivity index (χ4v) is 1.69. The Morgan fingerprint density at radius 1 is 1.50 bits per heavy atom. The molecule has 1 unspecified atom stereocenters. The molecular formula is C13H17ClFNO2. The fraction of sp³-hybridized carbons (Fsp3) is 0.462. The summed E-state index contributed by atoms with van der Waals surface area (Å²) in [5.41, 5.74) is 0.243. The first-order valence-electron chi connectivity index (χ1n) is 5.72. The number of hydrogen-bond acceptors (Lipinski definition) is 3. The summed E-state index contributed by atoms with van der Waals surface area (Å²) < 4.78 is 18.5. The molecule has 0 heterocycles. The molecule has 3 nitrogen and oxygen atoms in total. The van der Waals surface area contributed by atoms with Crippen molar-refractivity contribution in [3.63, 3.8) is 0 Å². The van der Waals surface area contributed by atoms with Gasteiger partial charge in [-0.25, -0.2) is 9.18 Å². The molecular weight excluding hydrogens is 257 g/mol. The molecule has 0 saturated carbocycles. The van der Waals surface area contributed by atoms with Crippen LogP contribution in [0.15, 0.2) is 18.2 Å². The molecule has 5 heteroatoms. The van der Waals surface area contributed by atoms with Gasteiger partial charge in [0.05, 0.1) is 7.11 Å². The van der Waals surface area contributed by atoms with Crippen molar-refractivity contribution in [3.05, 3.63) is 34.6 Å². The van der Waals surface area contributed by atoms with Crippen molar-refractivity contribution in [2.75, 3.05) is 13.7 Å². The molecule has 1 N–H and O–H groups in total. The predicted molar refractivity (Wildman–Crippen MR) is 69.0 cm³/mol. The summed E-state index contributed by atoms with van der Waals surface area (Å²) in [6.45, 7) is 4.58. The second-order valence-corrected chi connectivity index (χ2v) is 4.86. The number of carbonyl (C=O) groups is 1. The second kappa shape index (κ2) is 6.71. The van der Waals surface area contributed by atoms with Gasteiger partial charge in [-0.3, -0.25) is 0 Å². The molecule has 0 aliphatic heterocycles. The molecule has 0 aliphatic carbocycles. The smallest absolute Gasteiger partial charge is 0.327 e. The van der Waals surface area contributed by atoms with E-state index in [0.717, 1.165) is 0 Å². The number of esters is 1. The second-order valence-electron chi connectivity index (χ2n) is 4.42. The first-order chi connectivity index (χ1) is 8.45. The standard InChI is InChI=1S/C13H17ClFNO2/c1-8(2)7-16-12(13(17)18-3)10-5-4-9(14)6-11(10)15/h4-6,8,12,16H,7H2,1-3H3. The Labute approximate surface area is 111 Å². The minimum atomic E-state index is -0.810. The van der Waals surface area contributed by atoms with Crippen molar-refractivity contribution in [1.29, 1.82) is 0 Å². The zero-order chi connectivity index (χ0) is 13.7. The summed E-state index contributed by atoms with van der Waals surface area (Å²) in [7, 11) is 1.28. The van der Waals surface area contributed by atoms with E-state index in [0.29, 0.717) is 17.5 Å². The van der Waals surface area contributed by atoms with Crippen molar-refractivity contribution >= 4 is 17.6 Å².